The lowest BCUT2D eigenvalue weighted by atomic mass is 10.1. The zero-order chi connectivity index (χ0) is 13.6. The average Bonchev–Trinajstić information content (AvgIpc) is 2.57. The molecule has 0 aliphatic carbocycles. The quantitative estimate of drug-likeness (QED) is 0.784. The van der Waals surface area contributed by atoms with Crippen molar-refractivity contribution in [1.29, 1.82) is 0 Å². The summed E-state index contributed by atoms with van der Waals surface area (Å²) in [6, 6.07) is 0. The van der Waals surface area contributed by atoms with Gasteiger partial charge in [0.25, 0.3) is 0 Å². The van der Waals surface area contributed by atoms with E-state index < -0.39 is 0 Å². The van der Waals surface area contributed by atoms with Gasteiger partial charge >= 0.3 is 0 Å². The number of thioether (sulfide) groups is 1. The Hall–Kier alpha value is 0.230. The Labute approximate surface area is 122 Å². The van der Waals surface area contributed by atoms with E-state index in [-0.39, 0.29) is 0 Å². The number of nitrogens with zero attached hydrogens (tertiary/aromatic N) is 1. The predicted octanol–water partition coefficient (Wildman–Crippen LogP) is 2.36. The third kappa shape index (κ3) is 6.03. The minimum absolute atomic E-state index is 0.473. The lowest BCUT2D eigenvalue weighted by molar-refractivity contribution is 0.0280. The van der Waals surface area contributed by atoms with Gasteiger partial charge in [-0.3, -0.25) is 0 Å². The summed E-state index contributed by atoms with van der Waals surface area (Å²) >= 11 is 2.13. The molecular formula is C15H30N2OS. The van der Waals surface area contributed by atoms with E-state index in [9.17, 15) is 0 Å². The van der Waals surface area contributed by atoms with Crippen LogP contribution in [0.1, 0.15) is 39.5 Å². The third-order valence-electron chi connectivity index (χ3n) is 4.19. The fraction of sp³-hybridized carbons (Fsp3) is 1.00. The number of piperidine rings is 1. The summed E-state index contributed by atoms with van der Waals surface area (Å²) in [5.74, 6) is 1.28. The summed E-state index contributed by atoms with van der Waals surface area (Å²) in [6.45, 7) is 11.7. The Bertz CT molecular complexity index is 255. The molecule has 0 saturated carbocycles. The molecule has 2 aliphatic heterocycles. The van der Waals surface area contributed by atoms with Crippen molar-refractivity contribution in [2.45, 2.75) is 50.4 Å². The molecule has 0 amide bonds. The summed E-state index contributed by atoms with van der Waals surface area (Å²) in [4.78, 5) is 2.62. The van der Waals surface area contributed by atoms with Gasteiger partial charge in [-0.2, -0.15) is 11.8 Å². The van der Waals surface area contributed by atoms with Gasteiger partial charge in [0.15, 0.2) is 0 Å². The smallest absolute Gasteiger partial charge is 0.0599 e. The number of rotatable bonds is 5. The summed E-state index contributed by atoms with van der Waals surface area (Å²) in [7, 11) is 0. The maximum Gasteiger partial charge on any atom is 0.0599 e. The molecule has 2 rings (SSSR count). The highest BCUT2D eigenvalue weighted by Crippen LogP contribution is 2.30. The normalized spacial score (nSPS) is 26.2. The monoisotopic (exact) mass is 286 g/mol. The van der Waals surface area contributed by atoms with Gasteiger partial charge in [0.05, 0.1) is 6.10 Å². The van der Waals surface area contributed by atoms with Crippen LogP contribution in [0.4, 0.5) is 0 Å². The van der Waals surface area contributed by atoms with E-state index in [2.05, 4.69) is 35.8 Å². The van der Waals surface area contributed by atoms with Gasteiger partial charge in [0.1, 0.15) is 0 Å². The largest absolute Gasteiger partial charge is 0.378 e. The van der Waals surface area contributed by atoms with Crippen LogP contribution in [-0.2, 0) is 4.74 Å². The van der Waals surface area contributed by atoms with Crippen molar-refractivity contribution in [2.75, 3.05) is 45.1 Å². The number of hydrogen-bond donors (Lipinski definition) is 1. The first-order valence-corrected chi connectivity index (χ1v) is 8.83. The maximum atomic E-state index is 5.97. The first-order chi connectivity index (χ1) is 9.16. The van der Waals surface area contributed by atoms with E-state index in [1.54, 1.807) is 0 Å². The zero-order valence-electron chi connectivity index (χ0n) is 12.6. The number of hydrogen-bond acceptors (Lipinski definition) is 4. The number of ether oxygens (including phenoxy) is 1. The molecule has 2 aliphatic rings. The first-order valence-electron chi connectivity index (χ1n) is 7.84. The highest BCUT2D eigenvalue weighted by molar-refractivity contribution is 8.00. The first kappa shape index (κ1) is 15.6. The minimum Gasteiger partial charge on any atom is -0.378 e. The van der Waals surface area contributed by atoms with Gasteiger partial charge in [-0.25, -0.2) is 0 Å². The Morgan fingerprint density at radius 1 is 1.26 bits per heavy atom. The second-order valence-corrected chi connectivity index (χ2v) is 8.18. The SMILES string of the molecule is CC1(C)CCN(CCCOC2CCNCC2)CCS1. The van der Waals surface area contributed by atoms with Gasteiger partial charge in [-0.05, 0) is 45.3 Å². The Morgan fingerprint density at radius 3 is 2.84 bits per heavy atom. The molecule has 2 fully saturated rings. The zero-order valence-corrected chi connectivity index (χ0v) is 13.4. The van der Waals surface area contributed by atoms with Crippen molar-refractivity contribution in [2.24, 2.45) is 0 Å². The van der Waals surface area contributed by atoms with Gasteiger partial charge in [-0.1, -0.05) is 13.8 Å². The molecular weight excluding hydrogens is 256 g/mol. The molecule has 2 saturated heterocycles. The Balaban J connectivity index is 1.55. The molecule has 0 unspecified atom stereocenters. The highest BCUT2D eigenvalue weighted by atomic mass is 32.2. The summed E-state index contributed by atoms with van der Waals surface area (Å²) in [6.07, 6.45) is 5.39. The lowest BCUT2D eigenvalue weighted by Crippen LogP contribution is -2.33. The van der Waals surface area contributed by atoms with E-state index in [0.717, 1.165) is 19.7 Å². The van der Waals surface area contributed by atoms with Gasteiger partial charge in [0.2, 0.25) is 0 Å². The molecule has 0 aromatic heterocycles. The molecule has 4 heteroatoms. The Kier molecular flexibility index (Phi) is 6.46. The summed E-state index contributed by atoms with van der Waals surface area (Å²) in [5, 5.41) is 3.38. The average molecular weight is 286 g/mol. The van der Waals surface area contributed by atoms with Crippen LogP contribution in [0.25, 0.3) is 0 Å². The fourth-order valence-electron chi connectivity index (χ4n) is 2.79. The van der Waals surface area contributed by atoms with Crippen molar-refractivity contribution in [3.63, 3.8) is 0 Å². The molecule has 0 radical (unpaired) electrons. The second kappa shape index (κ2) is 7.87. The number of nitrogens with one attached hydrogen (secondary N) is 1. The van der Waals surface area contributed by atoms with Crippen molar-refractivity contribution in [1.82, 2.24) is 10.2 Å². The Morgan fingerprint density at radius 2 is 2.05 bits per heavy atom. The highest BCUT2D eigenvalue weighted by Gasteiger charge is 2.23. The van der Waals surface area contributed by atoms with Crippen molar-refractivity contribution >= 4 is 11.8 Å². The third-order valence-corrected chi connectivity index (χ3v) is 5.56. The molecule has 0 atom stereocenters. The molecule has 0 aromatic rings. The van der Waals surface area contributed by atoms with Crippen molar-refractivity contribution in [3.8, 4) is 0 Å². The molecule has 0 aromatic carbocycles. The maximum absolute atomic E-state index is 5.97. The van der Waals surface area contributed by atoms with Crippen molar-refractivity contribution in [3.05, 3.63) is 0 Å². The van der Waals surface area contributed by atoms with E-state index in [1.165, 1.54) is 51.1 Å². The standard InChI is InChI=1S/C15H30N2OS/c1-15(2)6-10-17(11-13-19-15)9-3-12-18-14-4-7-16-8-5-14/h14,16H,3-13H2,1-2H3. The summed E-state index contributed by atoms with van der Waals surface area (Å²) in [5.41, 5.74) is 0. The topological polar surface area (TPSA) is 24.5 Å². The fourth-order valence-corrected chi connectivity index (χ4v) is 3.92. The van der Waals surface area contributed by atoms with Crippen LogP contribution in [0.5, 0.6) is 0 Å². The molecule has 112 valence electrons. The van der Waals surface area contributed by atoms with Crippen LogP contribution in [0, 0.1) is 0 Å². The van der Waals surface area contributed by atoms with E-state index in [0.29, 0.717) is 10.9 Å². The van der Waals surface area contributed by atoms with Gasteiger partial charge < -0.3 is 15.0 Å². The molecule has 0 bridgehead atoms. The lowest BCUT2D eigenvalue weighted by Gasteiger charge is -2.24. The minimum atomic E-state index is 0.473. The molecule has 3 nitrogen and oxygen atoms in total. The van der Waals surface area contributed by atoms with E-state index in [1.807, 2.05) is 0 Å². The van der Waals surface area contributed by atoms with E-state index in [4.69, 9.17) is 4.74 Å². The molecule has 1 N–H and O–H groups in total. The van der Waals surface area contributed by atoms with Gasteiger partial charge in [-0.15, -0.1) is 0 Å². The summed E-state index contributed by atoms with van der Waals surface area (Å²) < 4.78 is 6.45. The van der Waals surface area contributed by atoms with Crippen LogP contribution < -0.4 is 5.32 Å². The van der Waals surface area contributed by atoms with Crippen LogP contribution in [0.3, 0.4) is 0 Å². The van der Waals surface area contributed by atoms with Crippen LogP contribution in [0.2, 0.25) is 0 Å². The molecule has 0 spiro atoms. The van der Waals surface area contributed by atoms with Crippen molar-refractivity contribution < 1.29 is 4.74 Å². The van der Waals surface area contributed by atoms with Crippen LogP contribution in [0.15, 0.2) is 0 Å². The van der Waals surface area contributed by atoms with Crippen LogP contribution >= 0.6 is 11.8 Å². The molecule has 19 heavy (non-hydrogen) atoms. The molecule has 2 heterocycles. The van der Waals surface area contributed by atoms with Gasteiger partial charge in [0, 0.05) is 30.2 Å². The van der Waals surface area contributed by atoms with E-state index >= 15 is 0 Å². The predicted molar refractivity (Wildman–Crippen MR) is 84.1 cm³/mol. The van der Waals surface area contributed by atoms with Crippen LogP contribution in [-0.4, -0.2) is 60.8 Å². The second-order valence-electron chi connectivity index (χ2n) is 6.37.